The number of ether oxygens (including phenoxy) is 2. The van der Waals surface area contributed by atoms with Gasteiger partial charge in [0.2, 0.25) is 6.79 Å². The summed E-state index contributed by atoms with van der Waals surface area (Å²) in [5.41, 5.74) is 0.453. The summed E-state index contributed by atoms with van der Waals surface area (Å²) in [6.07, 6.45) is 1.10. The summed E-state index contributed by atoms with van der Waals surface area (Å²) in [6, 6.07) is 3.22. The molecule has 1 aliphatic rings. The van der Waals surface area contributed by atoms with E-state index in [1.54, 1.807) is 12.1 Å². The highest BCUT2D eigenvalue weighted by atomic mass is 32.2. The molecule has 1 heterocycles. The maximum Gasteiger partial charge on any atom is 0.231 e. The summed E-state index contributed by atoms with van der Waals surface area (Å²) in [4.78, 5) is 4.54. The van der Waals surface area contributed by atoms with Crippen molar-refractivity contribution < 1.29 is 22.7 Å². The summed E-state index contributed by atoms with van der Waals surface area (Å²) < 4.78 is 33.6. The second-order valence-electron chi connectivity index (χ2n) is 3.37. The van der Waals surface area contributed by atoms with Crippen LogP contribution in [-0.4, -0.2) is 21.5 Å². The van der Waals surface area contributed by atoms with Crippen LogP contribution in [-0.2, 0) is 21.3 Å². The number of sulfone groups is 1. The molecule has 2 rings (SSSR count). The van der Waals surface area contributed by atoms with E-state index >= 15 is 0 Å². The van der Waals surface area contributed by atoms with Crippen LogP contribution < -0.4 is 15.4 Å². The van der Waals surface area contributed by atoms with Crippen molar-refractivity contribution in [1.29, 1.82) is 0 Å². The van der Waals surface area contributed by atoms with Crippen LogP contribution in [0.15, 0.2) is 17.0 Å². The molecular weight excluding hydrogens is 234 g/mol. The summed E-state index contributed by atoms with van der Waals surface area (Å²) in [7, 11) is -3.42. The second kappa shape index (κ2) is 3.93. The molecule has 0 atom stereocenters. The molecule has 88 valence electrons. The Morgan fingerprint density at radius 3 is 2.81 bits per heavy atom. The molecule has 2 N–H and O–H groups in total. The van der Waals surface area contributed by atoms with Crippen LogP contribution in [0.1, 0.15) is 5.56 Å². The zero-order valence-electron chi connectivity index (χ0n) is 8.60. The van der Waals surface area contributed by atoms with Crippen LogP contribution in [0.25, 0.3) is 0 Å². The zero-order valence-corrected chi connectivity index (χ0v) is 9.41. The van der Waals surface area contributed by atoms with E-state index in [4.69, 9.17) is 15.4 Å². The summed E-state index contributed by atoms with van der Waals surface area (Å²) >= 11 is 0. The Kier molecular flexibility index (Phi) is 2.75. The maximum absolute atomic E-state index is 11.7. The van der Waals surface area contributed by atoms with Gasteiger partial charge >= 0.3 is 0 Å². The number of hydrogen-bond acceptors (Lipinski definition) is 6. The van der Waals surface area contributed by atoms with Gasteiger partial charge in [-0.3, -0.25) is 4.84 Å². The van der Waals surface area contributed by atoms with E-state index in [0.717, 1.165) is 6.26 Å². The zero-order chi connectivity index (χ0) is 11.8. The molecule has 16 heavy (non-hydrogen) atoms. The first-order valence-corrected chi connectivity index (χ1v) is 6.36. The smallest absolute Gasteiger partial charge is 0.231 e. The molecule has 0 aliphatic carbocycles. The topological polar surface area (TPSA) is 87.9 Å². The molecule has 0 bridgehead atoms. The number of fused-ring (bicyclic) bond motifs is 1. The Balaban J connectivity index is 2.65. The molecule has 0 spiro atoms. The fourth-order valence-corrected chi connectivity index (χ4v) is 2.70. The monoisotopic (exact) mass is 245 g/mol. The van der Waals surface area contributed by atoms with E-state index in [-0.39, 0.29) is 24.0 Å². The fourth-order valence-electron chi connectivity index (χ4n) is 1.60. The third-order valence-electron chi connectivity index (χ3n) is 2.18. The van der Waals surface area contributed by atoms with Crippen LogP contribution in [0.2, 0.25) is 0 Å². The second-order valence-corrected chi connectivity index (χ2v) is 5.32. The minimum atomic E-state index is -3.42. The quantitative estimate of drug-likeness (QED) is 0.766. The molecule has 1 aliphatic heterocycles. The minimum absolute atomic E-state index is 0.000949. The highest BCUT2D eigenvalue weighted by Gasteiger charge is 2.27. The first-order chi connectivity index (χ1) is 7.54. The molecule has 0 saturated heterocycles. The number of hydrogen-bond donors (Lipinski definition) is 1. The van der Waals surface area contributed by atoms with Crippen molar-refractivity contribution in [2.75, 3.05) is 13.0 Å². The van der Waals surface area contributed by atoms with Gasteiger partial charge in [-0.1, -0.05) is 6.07 Å². The van der Waals surface area contributed by atoms with Crippen molar-refractivity contribution in [3.8, 4) is 11.5 Å². The normalized spacial score (nSPS) is 14.1. The molecule has 1 aromatic carbocycles. The Hall–Kier alpha value is -1.31. The van der Waals surface area contributed by atoms with Gasteiger partial charge in [-0.05, 0) is 6.07 Å². The van der Waals surface area contributed by atoms with Crippen LogP contribution in [0, 0.1) is 0 Å². The lowest BCUT2D eigenvalue weighted by atomic mass is 10.2. The highest BCUT2D eigenvalue weighted by Crippen LogP contribution is 2.40. The lowest BCUT2D eigenvalue weighted by Gasteiger charge is -2.09. The van der Waals surface area contributed by atoms with Gasteiger partial charge in [-0.15, -0.1) is 0 Å². The predicted molar refractivity (Wildman–Crippen MR) is 54.7 cm³/mol. The molecule has 1 aromatic rings. The van der Waals surface area contributed by atoms with E-state index in [1.165, 1.54) is 0 Å². The SMILES string of the molecule is CS(=O)(=O)c1c(CON)ccc2c1OCO2. The standard InChI is InChI=1S/C9H11NO5S/c1-16(11,12)9-6(4-15-10)2-3-7-8(9)14-5-13-7/h2-3H,4-5,10H2,1H3. The predicted octanol–water partition coefficient (Wildman–Crippen LogP) is 0.209. The Labute approximate surface area is 92.8 Å². The third-order valence-corrected chi connectivity index (χ3v) is 3.37. The fraction of sp³-hybridized carbons (Fsp3) is 0.333. The van der Waals surface area contributed by atoms with Gasteiger partial charge in [0.15, 0.2) is 21.3 Å². The molecule has 0 unspecified atom stereocenters. The maximum atomic E-state index is 11.7. The molecule has 0 fully saturated rings. The van der Waals surface area contributed by atoms with E-state index in [0.29, 0.717) is 11.3 Å². The first-order valence-electron chi connectivity index (χ1n) is 4.47. The summed E-state index contributed by atoms with van der Waals surface area (Å²) in [5, 5.41) is 0. The Morgan fingerprint density at radius 2 is 2.19 bits per heavy atom. The average Bonchev–Trinajstić information content (AvgIpc) is 2.63. The molecular formula is C9H11NO5S. The lowest BCUT2D eigenvalue weighted by molar-refractivity contribution is 0.122. The van der Waals surface area contributed by atoms with Crippen LogP contribution in [0.3, 0.4) is 0 Å². The Morgan fingerprint density at radius 1 is 1.44 bits per heavy atom. The van der Waals surface area contributed by atoms with Crippen molar-refractivity contribution in [2.24, 2.45) is 5.90 Å². The molecule has 0 aromatic heterocycles. The van der Waals surface area contributed by atoms with E-state index in [2.05, 4.69) is 4.84 Å². The van der Waals surface area contributed by atoms with E-state index in [1.807, 2.05) is 0 Å². The molecule has 0 amide bonds. The highest BCUT2D eigenvalue weighted by molar-refractivity contribution is 7.90. The minimum Gasteiger partial charge on any atom is -0.454 e. The van der Waals surface area contributed by atoms with Gasteiger partial charge in [-0.25, -0.2) is 14.3 Å². The molecule has 0 saturated carbocycles. The van der Waals surface area contributed by atoms with Crippen LogP contribution in [0.4, 0.5) is 0 Å². The number of benzene rings is 1. The third kappa shape index (κ3) is 1.84. The van der Waals surface area contributed by atoms with Gasteiger partial charge in [0.05, 0.1) is 6.61 Å². The molecule has 6 nitrogen and oxygen atoms in total. The summed E-state index contributed by atoms with van der Waals surface area (Å²) in [5.74, 6) is 5.60. The number of nitrogens with two attached hydrogens (primary N) is 1. The van der Waals surface area contributed by atoms with Crippen LogP contribution >= 0.6 is 0 Å². The lowest BCUT2D eigenvalue weighted by Crippen LogP contribution is -2.07. The summed E-state index contributed by atoms with van der Waals surface area (Å²) in [6.45, 7) is 0.0177. The van der Waals surface area contributed by atoms with Crippen molar-refractivity contribution in [3.05, 3.63) is 17.7 Å². The average molecular weight is 245 g/mol. The van der Waals surface area contributed by atoms with Crippen molar-refractivity contribution in [3.63, 3.8) is 0 Å². The van der Waals surface area contributed by atoms with Gasteiger partial charge in [0.1, 0.15) is 4.90 Å². The van der Waals surface area contributed by atoms with Gasteiger partial charge in [0, 0.05) is 11.8 Å². The Bertz CT molecular complexity index is 511. The van der Waals surface area contributed by atoms with Crippen molar-refractivity contribution >= 4 is 9.84 Å². The molecule has 0 radical (unpaired) electrons. The van der Waals surface area contributed by atoms with Gasteiger partial charge < -0.3 is 9.47 Å². The van der Waals surface area contributed by atoms with Crippen LogP contribution in [0.5, 0.6) is 11.5 Å². The van der Waals surface area contributed by atoms with E-state index in [9.17, 15) is 8.42 Å². The largest absolute Gasteiger partial charge is 0.454 e. The van der Waals surface area contributed by atoms with Crippen molar-refractivity contribution in [1.82, 2.24) is 0 Å². The first kappa shape index (κ1) is 11.2. The number of rotatable bonds is 3. The van der Waals surface area contributed by atoms with Crippen molar-refractivity contribution in [2.45, 2.75) is 11.5 Å². The van der Waals surface area contributed by atoms with Gasteiger partial charge in [0.25, 0.3) is 0 Å². The van der Waals surface area contributed by atoms with Gasteiger partial charge in [-0.2, -0.15) is 0 Å². The van der Waals surface area contributed by atoms with E-state index < -0.39 is 9.84 Å². The molecule has 7 heteroatoms.